The summed E-state index contributed by atoms with van der Waals surface area (Å²) in [5, 5.41) is 8.22. The summed E-state index contributed by atoms with van der Waals surface area (Å²) in [7, 11) is 0. The first-order valence-corrected chi connectivity index (χ1v) is 6.47. The molecule has 0 radical (unpaired) electrons. The van der Waals surface area contributed by atoms with Crippen LogP contribution in [0.15, 0.2) is 18.9 Å². The van der Waals surface area contributed by atoms with Crippen molar-refractivity contribution in [3.8, 4) is 0 Å². The summed E-state index contributed by atoms with van der Waals surface area (Å²) in [6.07, 6.45) is 11.0. The molecule has 0 saturated heterocycles. The Bertz CT molecular complexity index is 482. The molecular weight excluding hydrogens is 228 g/mol. The lowest BCUT2D eigenvalue weighted by Crippen LogP contribution is -2.20. The zero-order valence-electron chi connectivity index (χ0n) is 10.3. The fourth-order valence-corrected chi connectivity index (χ4v) is 2.71. The van der Waals surface area contributed by atoms with E-state index < -0.39 is 0 Å². The van der Waals surface area contributed by atoms with Crippen molar-refractivity contribution < 1.29 is 0 Å². The first-order valence-electron chi connectivity index (χ1n) is 6.47. The largest absolute Gasteiger partial charge is 0.348 e. The second-order valence-electron chi connectivity index (χ2n) is 4.92. The molecule has 0 aliphatic heterocycles. The molecule has 2 heterocycles. The van der Waals surface area contributed by atoms with Crippen molar-refractivity contribution in [3.63, 3.8) is 0 Å². The number of nitrogens with one attached hydrogen (secondary N) is 1. The first kappa shape index (κ1) is 11.4. The molecule has 2 aromatic rings. The van der Waals surface area contributed by atoms with E-state index in [1.807, 2.05) is 6.33 Å². The lowest BCUT2D eigenvalue weighted by atomic mass is 10.1. The van der Waals surface area contributed by atoms with Crippen LogP contribution in [0.25, 0.3) is 0 Å². The zero-order valence-corrected chi connectivity index (χ0v) is 10.3. The molecule has 3 N–H and O–H groups in total. The smallest absolute Gasteiger partial charge is 0.150 e. The maximum Gasteiger partial charge on any atom is 0.150 e. The van der Waals surface area contributed by atoms with Crippen molar-refractivity contribution in [2.45, 2.75) is 44.2 Å². The molecule has 96 valence electrons. The summed E-state index contributed by atoms with van der Waals surface area (Å²) in [6, 6.07) is 0.399. The van der Waals surface area contributed by atoms with Crippen LogP contribution in [0.2, 0.25) is 0 Å². The van der Waals surface area contributed by atoms with Crippen molar-refractivity contribution in [2.24, 2.45) is 5.73 Å². The van der Waals surface area contributed by atoms with Gasteiger partial charge in [-0.2, -0.15) is 0 Å². The van der Waals surface area contributed by atoms with E-state index in [1.165, 1.54) is 25.7 Å². The molecule has 0 aromatic carbocycles. The van der Waals surface area contributed by atoms with E-state index in [1.54, 1.807) is 12.5 Å². The number of aromatic nitrogens is 5. The Morgan fingerprint density at radius 3 is 3.00 bits per heavy atom. The van der Waals surface area contributed by atoms with Gasteiger partial charge in [0.15, 0.2) is 0 Å². The highest BCUT2D eigenvalue weighted by atomic mass is 15.3. The van der Waals surface area contributed by atoms with Gasteiger partial charge in [-0.3, -0.25) is 0 Å². The minimum atomic E-state index is -0.131. The van der Waals surface area contributed by atoms with Crippen molar-refractivity contribution in [3.05, 3.63) is 30.4 Å². The lowest BCUT2D eigenvalue weighted by Gasteiger charge is -2.17. The molecule has 0 amide bonds. The van der Waals surface area contributed by atoms with Crippen LogP contribution in [0.4, 0.5) is 0 Å². The summed E-state index contributed by atoms with van der Waals surface area (Å²) >= 11 is 0. The molecule has 1 aliphatic rings. The van der Waals surface area contributed by atoms with Gasteiger partial charge in [-0.15, -0.1) is 10.2 Å². The summed E-state index contributed by atoms with van der Waals surface area (Å²) in [4.78, 5) is 7.07. The Balaban J connectivity index is 1.77. The van der Waals surface area contributed by atoms with Crippen LogP contribution in [0.1, 0.15) is 49.3 Å². The Labute approximate surface area is 106 Å². The summed E-state index contributed by atoms with van der Waals surface area (Å²) in [5.41, 5.74) is 7.26. The summed E-state index contributed by atoms with van der Waals surface area (Å²) in [5.74, 6) is 0.886. The number of nitrogens with two attached hydrogens (primary N) is 1. The topological polar surface area (TPSA) is 85.4 Å². The fourth-order valence-electron chi connectivity index (χ4n) is 2.71. The maximum atomic E-state index is 6.23. The van der Waals surface area contributed by atoms with E-state index in [-0.39, 0.29) is 6.04 Å². The molecule has 1 fully saturated rings. The van der Waals surface area contributed by atoms with Crippen LogP contribution in [0.5, 0.6) is 0 Å². The normalized spacial score (nSPS) is 18.3. The number of aromatic amines is 1. The van der Waals surface area contributed by atoms with Gasteiger partial charge < -0.3 is 15.3 Å². The van der Waals surface area contributed by atoms with E-state index in [0.29, 0.717) is 12.5 Å². The Morgan fingerprint density at radius 2 is 2.28 bits per heavy atom. The third-order valence-electron chi connectivity index (χ3n) is 3.65. The first-order chi connectivity index (χ1) is 8.84. The van der Waals surface area contributed by atoms with Crippen molar-refractivity contribution >= 4 is 0 Å². The molecule has 0 bridgehead atoms. The zero-order chi connectivity index (χ0) is 12.4. The van der Waals surface area contributed by atoms with Gasteiger partial charge in [0.2, 0.25) is 0 Å². The van der Waals surface area contributed by atoms with E-state index in [0.717, 1.165) is 11.5 Å². The predicted octanol–water partition coefficient (Wildman–Crippen LogP) is 1.36. The van der Waals surface area contributed by atoms with Gasteiger partial charge in [0.05, 0.1) is 12.4 Å². The molecule has 18 heavy (non-hydrogen) atoms. The van der Waals surface area contributed by atoms with E-state index >= 15 is 0 Å². The number of hydrogen-bond donors (Lipinski definition) is 2. The van der Waals surface area contributed by atoms with Gasteiger partial charge in [0, 0.05) is 24.4 Å². The number of imidazole rings is 1. The van der Waals surface area contributed by atoms with Gasteiger partial charge in [-0.05, 0) is 12.8 Å². The van der Waals surface area contributed by atoms with Crippen molar-refractivity contribution in [1.29, 1.82) is 0 Å². The van der Waals surface area contributed by atoms with Crippen LogP contribution < -0.4 is 5.73 Å². The number of rotatable bonds is 4. The monoisotopic (exact) mass is 246 g/mol. The van der Waals surface area contributed by atoms with Gasteiger partial charge in [-0.25, -0.2) is 4.98 Å². The maximum absolute atomic E-state index is 6.23. The number of hydrogen-bond acceptors (Lipinski definition) is 4. The number of H-pyrrole nitrogens is 1. The number of nitrogens with zero attached hydrogens (tertiary/aromatic N) is 4. The molecule has 0 spiro atoms. The second-order valence-corrected chi connectivity index (χ2v) is 4.92. The fraction of sp³-hybridized carbons (Fsp3) is 0.583. The molecule has 1 aliphatic carbocycles. The van der Waals surface area contributed by atoms with E-state index in [9.17, 15) is 0 Å². The molecule has 6 heteroatoms. The standard InChI is InChI=1S/C12H18N6/c13-11(5-9-6-14-7-15-9)12-17-16-8-18(12)10-3-1-2-4-10/h6-8,10-11H,1-5,13H2,(H,14,15). The van der Waals surface area contributed by atoms with Crippen molar-refractivity contribution in [2.75, 3.05) is 0 Å². The van der Waals surface area contributed by atoms with Gasteiger partial charge in [0.1, 0.15) is 12.2 Å². The van der Waals surface area contributed by atoms with Gasteiger partial charge in [0.25, 0.3) is 0 Å². The van der Waals surface area contributed by atoms with Gasteiger partial charge in [-0.1, -0.05) is 12.8 Å². The molecule has 2 aromatic heterocycles. The molecule has 1 atom stereocenters. The Kier molecular flexibility index (Phi) is 3.10. The molecular formula is C12H18N6. The Morgan fingerprint density at radius 1 is 1.44 bits per heavy atom. The second kappa shape index (κ2) is 4.89. The summed E-state index contributed by atoms with van der Waals surface area (Å²) < 4.78 is 2.16. The SMILES string of the molecule is NC(Cc1cnc[nH]1)c1nncn1C1CCCC1. The van der Waals surface area contributed by atoms with Crippen LogP contribution in [-0.2, 0) is 6.42 Å². The Hall–Kier alpha value is -1.69. The van der Waals surface area contributed by atoms with E-state index in [4.69, 9.17) is 5.73 Å². The van der Waals surface area contributed by atoms with Crippen molar-refractivity contribution in [1.82, 2.24) is 24.7 Å². The molecule has 6 nitrogen and oxygen atoms in total. The third kappa shape index (κ3) is 2.15. The average molecular weight is 246 g/mol. The average Bonchev–Trinajstić information content (AvgIpc) is 3.11. The minimum absolute atomic E-state index is 0.131. The molecule has 1 unspecified atom stereocenters. The highest BCUT2D eigenvalue weighted by Gasteiger charge is 2.23. The quantitative estimate of drug-likeness (QED) is 0.853. The third-order valence-corrected chi connectivity index (χ3v) is 3.65. The minimum Gasteiger partial charge on any atom is -0.348 e. The van der Waals surface area contributed by atoms with Crippen LogP contribution >= 0.6 is 0 Å². The lowest BCUT2D eigenvalue weighted by molar-refractivity contribution is 0.474. The highest BCUT2D eigenvalue weighted by Crippen LogP contribution is 2.31. The van der Waals surface area contributed by atoms with Crippen LogP contribution in [-0.4, -0.2) is 24.7 Å². The molecule has 3 rings (SSSR count). The molecule has 1 saturated carbocycles. The van der Waals surface area contributed by atoms with Crippen LogP contribution in [0.3, 0.4) is 0 Å². The van der Waals surface area contributed by atoms with E-state index in [2.05, 4.69) is 24.7 Å². The summed E-state index contributed by atoms with van der Waals surface area (Å²) in [6.45, 7) is 0. The highest BCUT2D eigenvalue weighted by molar-refractivity contribution is 5.04. The van der Waals surface area contributed by atoms with Gasteiger partial charge >= 0.3 is 0 Å². The van der Waals surface area contributed by atoms with Crippen LogP contribution in [0, 0.1) is 0 Å². The predicted molar refractivity (Wildman–Crippen MR) is 66.7 cm³/mol.